The van der Waals surface area contributed by atoms with Crippen molar-refractivity contribution >= 4 is 50.7 Å². The van der Waals surface area contributed by atoms with Crippen molar-refractivity contribution in [3.63, 3.8) is 0 Å². The summed E-state index contributed by atoms with van der Waals surface area (Å²) in [6.07, 6.45) is 6.31. The van der Waals surface area contributed by atoms with Crippen molar-refractivity contribution < 1.29 is 18.0 Å². The third-order valence-corrected chi connectivity index (χ3v) is 8.96. The largest absolute Gasteiger partial charge is 0.352 e. The lowest BCUT2D eigenvalue weighted by atomic mass is 9.94. The first-order chi connectivity index (χ1) is 19.6. The van der Waals surface area contributed by atoms with Crippen LogP contribution in [0.3, 0.4) is 0 Å². The predicted molar refractivity (Wildman–Crippen MR) is 165 cm³/mol. The molecule has 3 aromatic carbocycles. The molecule has 0 spiro atoms. The second-order valence-corrected chi connectivity index (χ2v) is 13.2. The molecule has 0 unspecified atom stereocenters. The molecule has 0 aliphatic heterocycles. The van der Waals surface area contributed by atoms with E-state index in [1.807, 2.05) is 60.7 Å². The van der Waals surface area contributed by atoms with Crippen LogP contribution in [0.25, 0.3) is 0 Å². The molecule has 1 aliphatic rings. The van der Waals surface area contributed by atoms with Gasteiger partial charge in [0.25, 0.3) is 0 Å². The fourth-order valence-electron chi connectivity index (χ4n) is 5.15. The van der Waals surface area contributed by atoms with Crippen LogP contribution in [-0.4, -0.2) is 50.0 Å². The Bertz CT molecular complexity index is 1430. The van der Waals surface area contributed by atoms with E-state index in [2.05, 4.69) is 5.32 Å². The van der Waals surface area contributed by atoms with Gasteiger partial charge in [-0.25, -0.2) is 8.42 Å². The van der Waals surface area contributed by atoms with Gasteiger partial charge in [-0.2, -0.15) is 0 Å². The fourth-order valence-corrected chi connectivity index (χ4v) is 6.44. The number of nitrogens with zero attached hydrogens (tertiary/aromatic N) is 2. The summed E-state index contributed by atoms with van der Waals surface area (Å²) in [6, 6.07) is 22.5. The van der Waals surface area contributed by atoms with Crippen LogP contribution >= 0.6 is 23.2 Å². The molecular weight excluding hydrogens is 581 g/mol. The quantitative estimate of drug-likeness (QED) is 0.293. The second-order valence-electron chi connectivity index (χ2n) is 10.4. The molecule has 0 saturated heterocycles. The summed E-state index contributed by atoms with van der Waals surface area (Å²) >= 11 is 12.5. The standard InChI is InChI=1S/C31H35Cl2N3O4S/c1-41(39,40)36(28-20-25(32)17-18-27(28)33)22-30(37)35(21-24-13-7-3-8-14-24)29(19-23-11-5-2-6-12-23)31(38)34-26-15-9-4-10-16-26/h2-3,5-8,11-14,17-18,20,26,29H,4,9-10,15-16,19,21-22H2,1H3,(H,34,38)/t29-/m1/s1. The van der Waals surface area contributed by atoms with Crippen LogP contribution in [0.2, 0.25) is 10.0 Å². The van der Waals surface area contributed by atoms with Crippen LogP contribution in [0, 0.1) is 0 Å². The lowest BCUT2D eigenvalue weighted by Gasteiger charge is -2.35. The zero-order valence-electron chi connectivity index (χ0n) is 23.0. The van der Waals surface area contributed by atoms with Gasteiger partial charge < -0.3 is 10.2 Å². The van der Waals surface area contributed by atoms with Gasteiger partial charge in [-0.15, -0.1) is 0 Å². The van der Waals surface area contributed by atoms with Gasteiger partial charge >= 0.3 is 0 Å². The number of rotatable bonds is 11. The number of anilines is 1. The van der Waals surface area contributed by atoms with Crippen molar-refractivity contribution in [1.82, 2.24) is 10.2 Å². The van der Waals surface area contributed by atoms with Crippen molar-refractivity contribution in [3.05, 3.63) is 100 Å². The number of hydrogen-bond acceptors (Lipinski definition) is 4. The molecule has 0 heterocycles. The third kappa shape index (κ3) is 8.71. The Morgan fingerprint density at radius 3 is 2.12 bits per heavy atom. The van der Waals surface area contributed by atoms with E-state index in [0.29, 0.717) is 0 Å². The fraction of sp³-hybridized carbons (Fsp3) is 0.355. The van der Waals surface area contributed by atoms with E-state index >= 15 is 0 Å². The van der Waals surface area contributed by atoms with Crippen molar-refractivity contribution in [2.45, 2.75) is 57.2 Å². The zero-order valence-corrected chi connectivity index (χ0v) is 25.3. The summed E-state index contributed by atoms with van der Waals surface area (Å²) in [4.78, 5) is 29.6. The molecule has 0 bridgehead atoms. The summed E-state index contributed by atoms with van der Waals surface area (Å²) in [7, 11) is -3.94. The van der Waals surface area contributed by atoms with Gasteiger partial charge in [-0.1, -0.05) is 103 Å². The molecule has 1 fully saturated rings. The number of nitrogens with one attached hydrogen (secondary N) is 1. The van der Waals surface area contributed by atoms with Crippen LogP contribution < -0.4 is 9.62 Å². The summed E-state index contributed by atoms with van der Waals surface area (Å²) in [5.41, 5.74) is 1.80. The van der Waals surface area contributed by atoms with Gasteiger partial charge in [0.05, 0.1) is 17.0 Å². The highest BCUT2D eigenvalue weighted by molar-refractivity contribution is 7.92. The topological polar surface area (TPSA) is 86.8 Å². The first-order valence-electron chi connectivity index (χ1n) is 13.7. The molecule has 0 aromatic heterocycles. The Balaban J connectivity index is 1.72. The minimum Gasteiger partial charge on any atom is -0.352 e. The van der Waals surface area contributed by atoms with Crippen molar-refractivity contribution in [1.29, 1.82) is 0 Å². The molecule has 1 saturated carbocycles. The monoisotopic (exact) mass is 615 g/mol. The minimum atomic E-state index is -3.94. The number of carbonyl (C=O) groups excluding carboxylic acids is 2. The molecule has 1 atom stereocenters. The lowest BCUT2D eigenvalue weighted by molar-refractivity contribution is -0.140. The Labute approximate surface area is 252 Å². The smallest absolute Gasteiger partial charge is 0.244 e. The molecule has 218 valence electrons. The second kappa shape index (κ2) is 14.2. The van der Waals surface area contributed by atoms with Crippen LogP contribution in [-0.2, 0) is 32.6 Å². The van der Waals surface area contributed by atoms with Gasteiger partial charge in [-0.3, -0.25) is 13.9 Å². The number of carbonyl (C=O) groups is 2. The summed E-state index contributed by atoms with van der Waals surface area (Å²) < 4.78 is 26.8. The predicted octanol–water partition coefficient (Wildman–Crippen LogP) is 5.85. The zero-order chi connectivity index (χ0) is 29.4. The van der Waals surface area contributed by atoms with Gasteiger partial charge in [0.2, 0.25) is 21.8 Å². The Kier molecular flexibility index (Phi) is 10.7. The van der Waals surface area contributed by atoms with E-state index in [9.17, 15) is 18.0 Å². The van der Waals surface area contributed by atoms with Crippen LogP contribution in [0.15, 0.2) is 78.9 Å². The molecule has 2 amide bonds. The van der Waals surface area contributed by atoms with Crippen molar-refractivity contribution in [3.8, 4) is 0 Å². The van der Waals surface area contributed by atoms with Crippen LogP contribution in [0.1, 0.15) is 43.2 Å². The number of amides is 2. The molecule has 4 rings (SSSR count). The first kappa shape index (κ1) is 30.9. The number of benzene rings is 3. The van der Waals surface area contributed by atoms with E-state index < -0.39 is 28.5 Å². The highest BCUT2D eigenvalue weighted by Gasteiger charge is 2.34. The normalized spacial score (nSPS) is 14.7. The Morgan fingerprint density at radius 2 is 1.51 bits per heavy atom. The average Bonchev–Trinajstić information content (AvgIpc) is 2.96. The van der Waals surface area contributed by atoms with Gasteiger partial charge in [-0.05, 0) is 42.2 Å². The molecule has 1 aliphatic carbocycles. The number of hydrogen-bond donors (Lipinski definition) is 1. The third-order valence-electron chi connectivity index (χ3n) is 7.27. The minimum absolute atomic E-state index is 0.0426. The van der Waals surface area contributed by atoms with E-state index in [0.717, 1.165) is 53.8 Å². The highest BCUT2D eigenvalue weighted by atomic mass is 35.5. The summed E-state index contributed by atoms with van der Waals surface area (Å²) in [5.74, 6) is -0.785. The van der Waals surface area contributed by atoms with Gasteiger partial charge in [0.15, 0.2) is 0 Å². The Hall–Kier alpha value is -3.07. The maximum Gasteiger partial charge on any atom is 0.244 e. The van der Waals surface area contributed by atoms with Crippen molar-refractivity contribution in [2.24, 2.45) is 0 Å². The molecule has 41 heavy (non-hydrogen) atoms. The van der Waals surface area contributed by atoms with E-state index in [4.69, 9.17) is 23.2 Å². The molecule has 7 nitrogen and oxygen atoms in total. The first-order valence-corrected chi connectivity index (χ1v) is 16.3. The molecule has 1 N–H and O–H groups in total. The molecular formula is C31H35Cl2N3O4S. The van der Waals surface area contributed by atoms with Gasteiger partial charge in [0, 0.05) is 24.0 Å². The van der Waals surface area contributed by atoms with E-state index in [1.54, 1.807) is 6.07 Å². The summed E-state index contributed by atoms with van der Waals surface area (Å²) in [6.45, 7) is -0.427. The van der Waals surface area contributed by atoms with E-state index in [-0.39, 0.29) is 40.6 Å². The average molecular weight is 617 g/mol. The van der Waals surface area contributed by atoms with Crippen LogP contribution in [0.4, 0.5) is 5.69 Å². The molecule has 3 aromatic rings. The SMILES string of the molecule is CS(=O)(=O)N(CC(=O)N(Cc1ccccc1)[C@H](Cc1ccccc1)C(=O)NC1CCCCC1)c1cc(Cl)ccc1Cl. The van der Waals surface area contributed by atoms with E-state index in [1.165, 1.54) is 17.0 Å². The van der Waals surface area contributed by atoms with Gasteiger partial charge in [0.1, 0.15) is 12.6 Å². The Morgan fingerprint density at radius 1 is 0.902 bits per heavy atom. The maximum atomic E-state index is 14.2. The number of halogens is 2. The van der Waals surface area contributed by atoms with Crippen molar-refractivity contribution in [2.75, 3.05) is 17.1 Å². The van der Waals surface area contributed by atoms with Crippen LogP contribution in [0.5, 0.6) is 0 Å². The lowest BCUT2D eigenvalue weighted by Crippen LogP contribution is -2.55. The highest BCUT2D eigenvalue weighted by Crippen LogP contribution is 2.31. The molecule has 0 radical (unpaired) electrons. The maximum absolute atomic E-state index is 14.2. The molecule has 10 heteroatoms. The summed E-state index contributed by atoms with van der Waals surface area (Å²) in [5, 5.41) is 3.60. The number of sulfonamides is 1.